The molecule has 148 valence electrons. The van der Waals surface area contributed by atoms with Crippen LogP contribution in [-0.2, 0) is 22.5 Å². The number of anilines is 1. The molecule has 0 aliphatic rings. The molecule has 3 heterocycles. The van der Waals surface area contributed by atoms with Crippen molar-refractivity contribution in [2.75, 3.05) is 24.8 Å². The summed E-state index contributed by atoms with van der Waals surface area (Å²) in [6.07, 6.45) is 5.05. The molecule has 0 spiro atoms. The van der Waals surface area contributed by atoms with Crippen molar-refractivity contribution in [1.82, 2.24) is 29.9 Å². The fraction of sp³-hybridized carbons (Fsp3) is 0.412. The number of aryl methyl sites for hydroxylation is 1. The zero-order valence-corrected chi connectivity index (χ0v) is 17.3. The summed E-state index contributed by atoms with van der Waals surface area (Å²) in [6, 6.07) is 3.78. The van der Waals surface area contributed by atoms with Gasteiger partial charge in [0, 0.05) is 38.2 Å². The Morgan fingerprint density at radius 2 is 2.07 bits per heavy atom. The highest BCUT2D eigenvalue weighted by molar-refractivity contribution is 7.99. The number of thioether (sulfide) groups is 1. The summed E-state index contributed by atoms with van der Waals surface area (Å²) in [4.78, 5) is 16.3. The third kappa shape index (κ3) is 5.33. The number of carbonyl (C=O) groups is 1. The predicted molar refractivity (Wildman–Crippen MR) is 108 cm³/mol. The van der Waals surface area contributed by atoms with E-state index in [1.165, 1.54) is 23.1 Å². The lowest BCUT2D eigenvalue weighted by atomic mass is 10.2. The van der Waals surface area contributed by atoms with Crippen molar-refractivity contribution in [3.05, 3.63) is 29.5 Å². The quantitative estimate of drug-likeness (QED) is 0.394. The molecular weight excluding hydrogens is 398 g/mol. The molecule has 0 aliphatic heterocycles. The molecule has 28 heavy (non-hydrogen) atoms. The molecule has 3 aromatic heterocycles. The van der Waals surface area contributed by atoms with Gasteiger partial charge in [0.25, 0.3) is 0 Å². The van der Waals surface area contributed by atoms with Crippen LogP contribution >= 0.6 is 23.1 Å². The van der Waals surface area contributed by atoms with E-state index < -0.39 is 0 Å². The maximum atomic E-state index is 12.3. The van der Waals surface area contributed by atoms with Crippen molar-refractivity contribution in [2.45, 2.75) is 31.5 Å². The SMILES string of the molecule is CCc1nnc(NC(=O)CSc2nnc(-c3ccncc3)n2CCCOC)s1. The second-order valence-electron chi connectivity index (χ2n) is 5.73. The van der Waals surface area contributed by atoms with E-state index in [1.807, 2.05) is 23.6 Å². The third-order valence-corrected chi connectivity index (χ3v) is 5.68. The molecule has 0 saturated heterocycles. The molecule has 1 N–H and O–H groups in total. The van der Waals surface area contributed by atoms with Gasteiger partial charge in [-0.2, -0.15) is 0 Å². The fourth-order valence-electron chi connectivity index (χ4n) is 2.41. The van der Waals surface area contributed by atoms with Crippen LogP contribution in [-0.4, -0.2) is 55.3 Å². The molecular formula is C17H21N7O2S2. The minimum absolute atomic E-state index is 0.152. The van der Waals surface area contributed by atoms with Crippen molar-refractivity contribution in [3.63, 3.8) is 0 Å². The van der Waals surface area contributed by atoms with E-state index in [0.717, 1.165) is 29.2 Å². The molecule has 1 amide bonds. The van der Waals surface area contributed by atoms with Crippen LogP contribution < -0.4 is 5.32 Å². The number of carbonyl (C=O) groups excluding carboxylic acids is 1. The van der Waals surface area contributed by atoms with Crippen LogP contribution in [0, 0.1) is 0 Å². The van der Waals surface area contributed by atoms with E-state index in [-0.39, 0.29) is 11.7 Å². The van der Waals surface area contributed by atoms with Gasteiger partial charge in [0.1, 0.15) is 5.01 Å². The Bertz CT molecular complexity index is 898. The first-order chi connectivity index (χ1) is 13.7. The van der Waals surface area contributed by atoms with Gasteiger partial charge in [-0.15, -0.1) is 20.4 Å². The summed E-state index contributed by atoms with van der Waals surface area (Å²) >= 11 is 2.72. The van der Waals surface area contributed by atoms with Gasteiger partial charge in [0.05, 0.1) is 5.75 Å². The van der Waals surface area contributed by atoms with E-state index in [4.69, 9.17) is 4.74 Å². The summed E-state index contributed by atoms with van der Waals surface area (Å²) in [5, 5.41) is 21.4. The van der Waals surface area contributed by atoms with Crippen molar-refractivity contribution in [2.24, 2.45) is 0 Å². The van der Waals surface area contributed by atoms with Gasteiger partial charge in [0.2, 0.25) is 11.0 Å². The van der Waals surface area contributed by atoms with Gasteiger partial charge >= 0.3 is 0 Å². The third-order valence-electron chi connectivity index (χ3n) is 3.73. The zero-order chi connectivity index (χ0) is 19.8. The first-order valence-electron chi connectivity index (χ1n) is 8.78. The Balaban J connectivity index is 1.68. The Hall–Kier alpha value is -2.37. The minimum Gasteiger partial charge on any atom is -0.385 e. The van der Waals surface area contributed by atoms with Gasteiger partial charge in [-0.3, -0.25) is 15.1 Å². The van der Waals surface area contributed by atoms with Crippen molar-refractivity contribution in [3.8, 4) is 11.4 Å². The average Bonchev–Trinajstić information content (AvgIpc) is 3.34. The van der Waals surface area contributed by atoms with E-state index in [1.54, 1.807) is 19.5 Å². The van der Waals surface area contributed by atoms with Gasteiger partial charge in [0.15, 0.2) is 11.0 Å². The number of nitrogens with one attached hydrogen (secondary N) is 1. The lowest BCUT2D eigenvalue weighted by Gasteiger charge is -2.09. The van der Waals surface area contributed by atoms with Gasteiger partial charge in [-0.1, -0.05) is 30.0 Å². The van der Waals surface area contributed by atoms with Crippen LogP contribution in [0.25, 0.3) is 11.4 Å². The molecule has 9 nitrogen and oxygen atoms in total. The average molecular weight is 420 g/mol. The molecule has 0 radical (unpaired) electrons. The molecule has 0 aliphatic carbocycles. The Kier molecular flexibility index (Phi) is 7.46. The standard InChI is InChI=1S/C17H21N7O2S2/c1-3-14-20-22-16(28-14)19-13(25)11-27-17-23-21-15(12-5-7-18-8-6-12)24(17)9-4-10-26-2/h5-8H,3-4,9-11H2,1-2H3,(H,19,22,25). The number of hydrogen-bond acceptors (Lipinski definition) is 9. The summed E-state index contributed by atoms with van der Waals surface area (Å²) in [5.41, 5.74) is 0.928. The monoisotopic (exact) mass is 419 g/mol. The normalized spacial score (nSPS) is 10.9. The summed E-state index contributed by atoms with van der Waals surface area (Å²) in [5.74, 6) is 0.804. The number of rotatable bonds is 10. The van der Waals surface area contributed by atoms with Crippen LogP contribution in [0.5, 0.6) is 0 Å². The lowest BCUT2D eigenvalue weighted by Crippen LogP contribution is -2.14. The molecule has 0 atom stereocenters. The first-order valence-corrected chi connectivity index (χ1v) is 10.6. The fourth-order valence-corrected chi connectivity index (χ4v) is 3.87. The van der Waals surface area contributed by atoms with E-state index in [9.17, 15) is 4.79 Å². The number of ether oxygens (including phenoxy) is 1. The molecule has 11 heteroatoms. The van der Waals surface area contributed by atoms with E-state index in [0.29, 0.717) is 23.4 Å². The number of nitrogens with zero attached hydrogens (tertiary/aromatic N) is 6. The second kappa shape index (κ2) is 10.2. The summed E-state index contributed by atoms with van der Waals surface area (Å²) in [6.45, 7) is 3.33. The van der Waals surface area contributed by atoms with Gasteiger partial charge in [-0.25, -0.2) is 0 Å². The topological polar surface area (TPSA) is 108 Å². The molecule has 0 bridgehead atoms. The van der Waals surface area contributed by atoms with Crippen LogP contribution in [0.2, 0.25) is 0 Å². The molecule has 3 rings (SSSR count). The van der Waals surface area contributed by atoms with Crippen LogP contribution in [0.4, 0.5) is 5.13 Å². The smallest absolute Gasteiger partial charge is 0.236 e. The first kappa shape index (κ1) is 20.4. The highest BCUT2D eigenvalue weighted by Gasteiger charge is 2.16. The summed E-state index contributed by atoms with van der Waals surface area (Å²) in [7, 11) is 1.67. The highest BCUT2D eigenvalue weighted by Crippen LogP contribution is 2.24. The van der Waals surface area contributed by atoms with Crippen LogP contribution in [0.3, 0.4) is 0 Å². The van der Waals surface area contributed by atoms with E-state index in [2.05, 4.69) is 30.7 Å². The minimum atomic E-state index is -0.152. The maximum absolute atomic E-state index is 12.3. The predicted octanol–water partition coefficient (Wildman–Crippen LogP) is 2.52. The molecule has 3 aromatic rings. The second-order valence-corrected chi connectivity index (χ2v) is 7.74. The van der Waals surface area contributed by atoms with Gasteiger partial charge < -0.3 is 9.30 Å². The molecule has 0 aromatic carbocycles. The molecule has 0 fully saturated rings. The van der Waals surface area contributed by atoms with Crippen molar-refractivity contribution < 1.29 is 9.53 Å². The van der Waals surface area contributed by atoms with Gasteiger partial charge in [-0.05, 0) is 25.0 Å². The number of aromatic nitrogens is 6. The highest BCUT2D eigenvalue weighted by atomic mass is 32.2. The number of methoxy groups -OCH3 is 1. The number of amides is 1. The molecule has 0 unspecified atom stereocenters. The van der Waals surface area contributed by atoms with Crippen molar-refractivity contribution in [1.29, 1.82) is 0 Å². The largest absolute Gasteiger partial charge is 0.385 e. The van der Waals surface area contributed by atoms with Crippen LogP contribution in [0.15, 0.2) is 29.7 Å². The number of hydrogen-bond donors (Lipinski definition) is 1. The van der Waals surface area contributed by atoms with E-state index >= 15 is 0 Å². The zero-order valence-electron chi connectivity index (χ0n) is 15.7. The Morgan fingerprint density at radius 3 is 2.79 bits per heavy atom. The van der Waals surface area contributed by atoms with Crippen LogP contribution in [0.1, 0.15) is 18.4 Å². The van der Waals surface area contributed by atoms with Crippen molar-refractivity contribution >= 4 is 34.1 Å². The Morgan fingerprint density at radius 1 is 1.25 bits per heavy atom. The molecule has 0 saturated carbocycles. The lowest BCUT2D eigenvalue weighted by molar-refractivity contribution is -0.113. The maximum Gasteiger partial charge on any atom is 0.236 e. The summed E-state index contributed by atoms with van der Waals surface area (Å²) < 4.78 is 7.16. The number of pyridine rings is 1. The Labute approximate surface area is 171 Å².